The van der Waals surface area contributed by atoms with E-state index in [9.17, 15) is 0 Å². The molecule has 0 atom stereocenters. The van der Waals surface area contributed by atoms with Crippen LogP contribution in [-0.4, -0.2) is 43.9 Å². The third-order valence-corrected chi connectivity index (χ3v) is 5.95. The summed E-state index contributed by atoms with van der Waals surface area (Å²) in [6.07, 6.45) is 4.10. The Labute approximate surface area is 87.4 Å². The van der Waals surface area contributed by atoms with Crippen LogP contribution < -0.4 is 0 Å². The molecule has 0 bridgehead atoms. The molecule has 0 unspecified atom stereocenters. The van der Waals surface area contributed by atoms with Gasteiger partial charge in [-0.1, -0.05) is 0 Å². The van der Waals surface area contributed by atoms with Crippen molar-refractivity contribution in [3.05, 3.63) is 24.3 Å². The quantitative estimate of drug-likeness (QED) is 0.555. The molecule has 0 aliphatic rings. The Morgan fingerprint density at radius 2 is 1.85 bits per heavy atom. The zero-order chi connectivity index (χ0) is 10.5. The average molecular weight is 288 g/mol. The third-order valence-electron chi connectivity index (χ3n) is 1.63. The topological polar surface area (TPSA) is 3.24 Å². The summed E-state index contributed by atoms with van der Waals surface area (Å²) in [5.74, 6) is 0. The van der Waals surface area contributed by atoms with E-state index in [0.29, 0.717) is 0 Å². The van der Waals surface area contributed by atoms with Crippen LogP contribution in [0.2, 0.25) is 19.3 Å². The van der Waals surface area contributed by atoms with Gasteiger partial charge in [0.25, 0.3) is 0 Å². The van der Waals surface area contributed by atoms with Gasteiger partial charge in [-0.15, -0.1) is 0 Å². The van der Waals surface area contributed by atoms with Gasteiger partial charge >= 0.3 is 87.5 Å². The number of rotatable bonds is 5. The number of nitrogens with zero attached hydrogens (tertiary/aromatic N) is 1. The van der Waals surface area contributed by atoms with Gasteiger partial charge < -0.3 is 0 Å². The van der Waals surface area contributed by atoms with Crippen molar-refractivity contribution >= 4 is 18.4 Å². The van der Waals surface area contributed by atoms with Gasteiger partial charge in [-0.2, -0.15) is 0 Å². The Hall–Kier alpha value is 0.239. The van der Waals surface area contributed by atoms with Gasteiger partial charge in [-0.25, -0.2) is 0 Å². The monoisotopic (exact) mass is 289 g/mol. The molecule has 0 saturated heterocycles. The first-order valence-corrected chi connectivity index (χ1v) is 15.4. The fourth-order valence-electron chi connectivity index (χ4n) is 1.42. The molecule has 0 aliphatic carbocycles. The van der Waals surface area contributed by atoms with Crippen molar-refractivity contribution < 1.29 is 0 Å². The molecule has 1 nitrogen and oxygen atoms in total. The minimum absolute atomic E-state index is 1.08. The Kier molecular flexibility index (Phi) is 5.97. The molecular weight excluding hydrogens is 265 g/mol. The van der Waals surface area contributed by atoms with Crippen LogP contribution in [-0.2, 0) is 0 Å². The maximum absolute atomic E-state index is 3.77. The predicted octanol–water partition coefficient (Wildman–Crippen LogP) is 3.00. The van der Waals surface area contributed by atoms with E-state index in [-0.39, 0.29) is 0 Å². The molecule has 0 rings (SSSR count). The van der Waals surface area contributed by atoms with Crippen LogP contribution in [0.25, 0.3) is 0 Å². The van der Waals surface area contributed by atoms with Crippen LogP contribution in [0.4, 0.5) is 0 Å². The second-order valence-electron chi connectivity index (χ2n) is 5.04. The zero-order valence-electron chi connectivity index (χ0n) is 9.72. The molecule has 0 radical (unpaired) electrons. The molecule has 0 fully saturated rings. The fraction of sp³-hybridized carbons (Fsp3) is 0.636. The van der Waals surface area contributed by atoms with Crippen molar-refractivity contribution in [3.8, 4) is 0 Å². The van der Waals surface area contributed by atoms with Crippen molar-refractivity contribution in [1.29, 1.82) is 0 Å². The Morgan fingerprint density at radius 3 is 2.15 bits per heavy atom. The van der Waals surface area contributed by atoms with Crippen LogP contribution in [0, 0.1) is 0 Å². The molecule has 0 aromatic rings. The molecular formula is C11H23NSn. The molecule has 13 heavy (non-hydrogen) atoms. The first-order valence-electron chi connectivity index (χ1n) is 4.80. The van der Waals surface area contributed by atoms with E-state index < -0.39 is 18.4 Å². The van der Waals surface area contributed by atoms with Crippen molar-refractivity contribution in [2.75, 3.05) is 20.6 Å². The van der Waals surface area contributed by atoms with Gasteiger partial charge in [0.15, 0.2) is 0 Å². The van der Waals surface area contributed by atoms with Gasteiger partial charge in [0.2, 0.25) is 0 Å². The molecule has 76 valence electrons. The molecule has 0 spiro atoms. The third kappa shape index (κ3) is 8.57. The van der Waals surface area contributed by atoms with Crippen molar-refractivity contribution in [2.45, 2.75) is 19.3 Å². The van der Waals surface area contributed by atoms with Crippen molar-refractivity contribution in [3.63, 3.8) is 0 Å². The van der Waals surface area contributed by atoms with Crippen molar-refractivity contribution in [2.24, 2.45) is 0 Å². The second kappa shape index (κ2) is 5.86. The molecule has 0 amide bonds. The van der Waals surface area contributed by atoms with Gasteiger partial charge in [-0.3, -0.25) is 0 Å². The number of hydrogen-bond donors (Lipinski definition) is 0. The van der Waals surface area contributed by atoms with E-state index >= 15 is 0 Å². The van der Waals surface area contributed by atoms with E-state index in [1.54, 1.807) is 5.57 Å². The molecule has 0 saturated carbocycles. The van der Waals surface area contributed by atoms with E-state index in [4.69, 9.17) is 0 Å². The SMILES string of the molecule is C=C/C=C(\CN(C)C)[CH2][Sn]([CH3])([CH3])[CH3]. The van der Waals surface area contributed by atoms with Crippen LogP contribution in [0.3, 0.4) is 0 Å². The summed E-state index contributed by atoms with van der Waals surface area (Å²) in [6, 6.07) is 0. The van der Waals surface area contributed by atoms with Crippen LogP contribution in [0.15, 0.2) is 24.3 Å². The number of likely N-dealkylation sites (N-methyl/N-ethyl adjacent to an activating group) is 1. The standard InChI is InChI=1S/C8H14N.3CH3.Sn/c1-5-6-8(2)7-9(3)4;;;;/h5-6H,1-2,7H2,3-4H3;3*1H3;/b8-6-;;;;. The Balaban J connectivity index is 4.28. The van der Waals surface area contributed by atoms with E-state index in [1.807, 2.05) is 6.08 Å². The van der Waals surface area contributed by atoms with E-state index in [0.717, 1.165) is 6.54 Å². The van der Waals surface area contributed by atoms with E-state index in [1.165, 1.54) is 4.44 Å². The molecule has 2 heteroatoms. The van der Waals surface area contributed by atoms with Crippen molar-refractivity contribution in [1.82, 2.24) is 4.90 Å². The zero-order valence-corrected chi connectivity index (χ0v) is 12.6. The fourth-order valence-corrected chi connectivity index (χ4v) is 5.97. The number of allylic oxidation sites excluding steroid dienone is 2. The Bertz CT molecular complexity index is 187. The molecule has 0 aromatic heterocycles. The summed E-state index contributed by atoms with van der Waals surface area (Å²) in [6.45, 7) is 4.85. The predicted molar refractivity (Wildman–Crippen MR) is 65.0 cm³/mol. The summed E-state index contributed by atoms with van der Waals surface area (Å²) >= 11 is -1.65. The summed E-state index contributed by atoms with van der Waals surface area (Å²) in [5.41, 5.74) is 1.54. The first kappa shape index (κ1) is 13.2. The summed E-state index contributed by atoms with van der Waals surface area (Å²) in [4.78, 5) is 9.65. The minimum atomic E-state index is -1.65. The Morgan fingerprint density at radius 1 is 1.31 bits per heavy atom. The molecule has 0 N–H and O–H groups in total. The molecule has 0 heterocycles. The normalized spacial score (nSPS) is 13.5. The van der Waals surface area contributed by atoms with Gasteiger partial charge in [0.05, 0.1) is 0 Å². The van der Waals surface area contributed by atoms with Crippen LogP contribution in [0.5, 0.6) is 0 Å². The molecule has 0 aromatic carbocycles. The van der Waals surface area contributed by atoms with Gasteiger partial charge in [0.1, 0.15) is 0 Å². The summed E-state index contributed by atoms with van der Waals surface area (Å²) < 4.78 is 1.35. The second-order valence-corrected chi connectivity index (χ2v) is 20.7. The average Bonchev–Trinajstić information content (AvgIpc) is 1.81. The first-order chi connectivity index (χ1) is 5.85. The maximum atomic E-state index is 3.77. The van der Waals surface area contributed by atoms with E-state index in [2.05, 4.69) is 46.5 Å². The molecule has 0 aliphatic heterocycles. The van der Waals surface area contributed by atoms with Crippen LogP contribution >= 0.6 is 0 Å². The van der Waals surface area contributed by atoms with Gasteiger partial charge in [0, 0.05) is 0 Å². The van der Waals surface area contributed by atoms with Gasteiger partial charge in [-0.05, 0) is 0 Å². The summed E-state index contributed by atoms with van der Waals surface area (Å²) in [7, 11) is 4.24. The number of hydrogen-bond acceptors (Lipinski definition) is 1. The van der Waals surface area contributed by atoms with Crippen LogP contribution in [0.1, 0.15) is 0 Å². The summed E-state index contributed by atoms with van der Waals surface area (Å²) in [5, 5.41) is 0.